The van der Waals surface area contributed by atoms with E-state index in [-0.39, 0.29) is 12.0 Å². The summed E-state index contributed by atoms with van der Waals surface area (Å²) in [6, 6.07) is 8.90. The second kappa shape index (κ2) is 4.12. The highest BCUT2D eigenvalue weighted by atomic mass is 16.3. The van der Waals surface area contributed by atoms with Gasteiger partial charge in [-0.2, -0.15) is 0 Å². The molecule has 1 saturated carbocycles. The van der Waals surface area contributed by atoms with Crippen LogP contribution in [0.5, 0.6) is 0 Å². The lowest BCUT2D eigenvalue weighted by Crippen LogP contribution is -2.67. The van der Waals surface area contributed by atoms with E-state index in [2.05, 4.69) is 28.4 Å². The number of benzene rings is 1. The average molecular weight is 298 g/mol. The van der Waals surface area contributed by atoms with Crippen LogP contribution in [-0.2, 0) is 10.2 Å². The van der Waals surface area contributed by atoms with Crippen molar-refractivity contribution >= 4 is 11.5 Å². The fourth-order valence-electron chi connectivity index (χ4n) is 6.21. The number of rotatable bonds is 2. The van der Waals surface area contributed by atoms with Crippen molar-refractivity contribution < 1.29 is 9.90 Å². The Kier molecular flexibility index (Phi) is 2.45. The number of nitrogens with one attached hydrogen (secondary N) is 1. The van der Waals surface area contributed by atoms with Crippen LogP contribution in [0.15, 0.2) is 24.3 Å². The molecule has 1 aromatic carbocycles. The van der Waals surface area contributed by atoms with Gasteiger partial charge in [0.2, 0.25) is 0 Å². The first-order valence-electron chi connectivity index (χ1n) is 8.49. The number of aliphatic hydroxyl groups excluding tert-OH is 1. The zero-order valence-corrected chi connectivity index (χ0v) is 12.7. The van der Waals surface area contributed by atoms with Crippen LogP contribution in [-0.4, -0.2) is 47.1 Å². The van der Waals surface area contributed by atoms with Crippen LogP contribution in [0.25, 0.3) is 0 Å². The smallest absolute Gasteiger partial charge is 0.159 e. The summed E-state index contributed by atoms with van der Waals surface area (Å²) < 4.78 is 0. The average Bonchev–Trinajstić information content (AvgIpc) is 3.16. The summed E-state index contributed by atoms with van der Waals surface area (Å²) in [5.41, 5.74) is 1.70. The van der Waals surface area contributed by atoms with Gasteiger partial charge in [0.25, 0.3) is 0 Å². The van der Waals surface area contributed by atoms with Crippen molar-refractivity contribution in [2.45, 2.75) is 42.7 Å². The molecule has 0 amide bonds. The lowest BCUT2D eigenvalue weighted by atomic mass is 9.53. The number of ketones is 1. The van der Waals surface area contributed by atoms with E-state index in [0.717, 1.165) is 31.6 Å². The molecule has 2 saturated heterocycles. The minimum Gasteiger partial charge on any atom is -0.396 e. The second-order valence-electron chi connectivity index (χ2n) is 7.43. The molecule has 1 aromatic rings. The molecule has 4 aliphatic rings. The van der Waals surface area contributed by atoms with Gasteiger partial charge in [0.15, 0.2) is 5.78 Å². The summed E-state index contributed by atoms with van der Waals surface area (Å²) in [5.74, 6) is 0.817. The Morgan fingerprint density at radius 1 is 1.32 bits per heavy atom. The van der Waals surface area contributed by atoms with Crippen molar-refractivity contribution in [3.63, 3.8) is 0 Å². The molecule has 0 radical (unpaired) electrons. The van der Waals surface area contributed by atoms with Crippen LogP contribution in [0, 0.1) is 5.92 Å². The number of hydrogen-bond donors (Lipinski definition) is 2. The van der Waals surface area contributed by atoms with E-state index in [4.69, 9.17) is 0 Å². The van der Waals surface area contributed by atoms with Crippen LogP contribution < -0.4 is 5.32 Å². The molecule has 3 heterocycles. The van der Waals surface area contributed by atoms with E-state index in [1.165, 1.54) is 5.56 Å². The summed E-state index contributed by atoms with van der Waals surface area (Å²) in [5, 5.41) is 13.3. The topological polar surface area (TPSA) is 52.6 Å². The largest absolute Gasteiger partial charge is 0.396 e. The third-order valence-electron chi connectivity index (χ3n) is 6.85. The van der Waals surface area contributed by atoms with Gasteiger partial charge in [0.1, 0.15) is 5.54 Å². The van der Waals surface area contributed by atoms with E-state index >= 15 is 0 Å². The van der Waals surface area contributed by atoms with Crippen molar-refractivity contribution in [1.82, 2.24) is 4.90 Å². The zero-order chi connectivity index (χ0) is 14.9. The van der Waals surface area contributed by atoms with E-state index in [0.29, 0.717) is 30.6 Å². The summed E-state index contributed by atoms with van der Waals surface area (Å²) in [7, 11) is 0. The Bertz CT molecular complexity index is 660. The summed E-state index contributed by atoms with van der Waals surface area (Å²) in [6.07, 6.45) is 3.38. The summed E-state index contributed by atoms with van der Waals surface area (Å²) >= 11 is 0. The molecule has 4 nitrogen and oxygen atoms in total. The van der Waals surface area contributed by atoms with Crippen molar-refractivity contribution in [3.8, 4) is 0 Å². The van der Waals surface area contributed by atoms with Gasteiger partial charge in [-0.3, -0.25) is 9.69 Å². The van der Waals surface area contributed by atoms with Crippen molar-refractivity contribution in [2.24, 2.45) is 5.92 Å². The highest BCUT2D eigenvalue weighted by Crippen LogP contribution is 2.63. The van der Waals surface area contributed by atoms with Gasteiger partial charge in [-0.05, 0) is 43.5 Å². The van der Waals surface area contributed by atoms with E-state index in [1.54, 1.807) is 0 Å². The maximum atomic E-state index is 13.2. The molecule has 1 spiro atoms. The number of fused-ring (bicyclic) bond motifs is 1. The molecule has 3 fully saturated rings. The molecule has 116 valence electrons. The lowest BCUT2D eigenvalue weighted by molar-refractivity contribution is -0.131. The van der Waals surface area contributed by atoms with Crippen LogP contribution in [0.2, 0.25) is 0 Å². The van der Waals surface area contributed by atoms with Gasteiger partial charge in [0.05, 0.1) is 0 Å². The second-order valence-corrected chi connectivity index (χ2v) is 7.43. The zero-order valence-electron chi connectivity index (χ0n) is 12.7. The number of carbonyl (C=O) groups excluding carboxylic acids is 1. The molecular formula is C18H22N2O2. The van der Waals surface area contributed by atoms with E-state index in [9.17, 15) is 9.90 Å². The number of carbonyl (C=O) groups is 1. The third kappa shape index (κ3) is 1.23. The quantitative estimate of drug-likeness (QED) is 0.869. The molecule has 5 rings (SSSR count). The SMILES string of the molecule is O=C1C[C@@H]2CCN3CC[C@@]4(c5ccccc5N[C@]14CCO)[C@H]23. The molecule has 2 N–H and O–H groups in total. The fourth-order valence-corrected chi connectivity index (χ4v) is 6.21. The predicted molar refractivity (Wildman–Crippen MR) is 83.9 cm³/mol. The molecule has 0 aromatic heterocycles. The molecule has 0 bridgehead atoms. The van der Waals surface area contributed by atoms with Crippen LogP contribution in [0.4, 0.5) is 5.69 Å². The van der Waals surface area contributed by atoms with Gasteiger partial charge in [-0.25, -0.2) is 0 Å². The lowest BCUT2D eigenvalue weighted by Gasteiger charge is -2.51. The fraction of sp³-hybridized carbons (Fsp3) is 0.611. The van der Waals surface area contributed by atoms with Crippen molar-refractivity contribution in [2.75, 3.05) is 25.0 Å². The number of Topliss-reactive ketones (excluding diaryl/α,β-unsaturated/α-hetero) is 1. The van der Waals surface area contributed by atoms with Crippen molar-refractivity contribution in [1.29, 1.82) is 0 Å². The number of anilines is 1. The maximum Gasteiger partial charge on any atom is 0.159 e. The molecule has 3 aliphatic heterocycles. The van der Waals surface area contributed by atoms with Gasteiger partial charge >= 0.3 is 0 Å². The normalized spacial score (nSPS) is 42.0. The monoisotopic (exact) mass is 298 g/mol. The molecule has 4 atom stereocenters. The maximum absolute atomic E-state index is 13.2. The number of nitrogens with zero attached hydrogens (tertiary/aromatic N) is 1. The molecule has 4 heteroatoms. The first-order valence-corrected chi connectivity index (χ1v) is 8.49. The Balaban J connectivity index is 1.79. The van der Waals surface area contributed by atoms with Gasteiger partial charge in [-0.1, -0.05) is 18.2 Å². The van der Waals surface area contributed by atoms with Gasteiger partial charge < -0.3 is 10.4 Å². The molecular weight excluding hydrogens is 276 g/mol. The van der Waals surface area contributed by atoms with Crippen LogP contribution in [0.3, 0.4) is 0 Å². The van der Waals surface area contributed by atoms with Gasteiger partial charge in [0, 0.05) is 36.6 Å². The van der Waals surface area contributed by atoms with E-state index in [1.807, 2.05) is 6.07 Å². The van der Waals surface area contributed by atoms with Crippen LogP contribution in [0.1, 0.15) is 31.2 Å². The molecule has 22 heavy (non-hydrogen) atoms. The molecule has 0 unspecified atom stereocenters. The van der Waals surface area contributed by atoms with Crippen molar-refractivity contribution in [3.05, 3.63) is 29.8 Å². The van der Waals surface area contributed by atoms with Crippen LogP contribution >= 0.6 is 0 Å². The number of aliphatic hydroxyl groups is 1. The minimum absolute atomic E-state index is 0.0614. The first-order chi connectivity index (χ1) is 10.7. The highest BCUT2D eigenvalue weighted by Gasteiger charge is 2.72. The Hall–Kier alpha value is -1.39. The predicted octanol–water partition coefficient (Wildman–Crippen LogP) is 1.54. The Morgan fingerprint density at radius 2 is 2.18 bits per heavy atom. The first kappa shape index (κ1) is 13.1. The minimum atomic E-state index is -0.592. The third-order valence-corrected chi connectivity index (χ3v) is 6.85. The Morgan fingerprint density at radius 3 is 3.05 bits per heavy atom. The highest BCUT2D eigenvalue weighted by molar-refractivity contribution is 5.98. The number of para-hydroxylation sites is 1. The molecule has 1 aliphatic carbocycles. The summed E-state index contributed by atoms with van der Waals surface area (Å²) in [4.78, 5) is 15.8. The standard InChI is InChI=1S/C18H22N2O2/c21-10-7-18-15(22)11-12-5-8-20-9-6-17(18,16(12)20)13-3-1-2-4-14(13)19-18/h1-4,12,16,19,21H,5-11H2/t12-,16-,17+,18+/m0/s1. The van der Waals surface area contributed by atoms with Gasteiger partial charge in [-0.15, -0.1) is 0 Å². The number of hydrogen-bond acceptors (Lipinski definition) is 4. The van der Waals surface area contributed by atoms with E-state index < -0.39 is 5.54 Å². The summed E-state index contributed by atoms with van der Waals surface area (Å²) in [6.45, 7) is 2.27. The Labute approximate surface area is 130 Å².